The summed E-state index contributed by atoms with van der Waals surface area (Å²) in [5.41, 5.74) is 7.33. The quantitative estimate of drug-likeness (QED) is 0.880. The van der Waals surface area contributed by atoms with Crippen LogP contribution >= 0.6 is 0 Å². The minimum Gasteiger partial charge on any atom is -0.497 e. The topological polar surface area (TPSA) is 55.6 Å². The Morgan fingerprint density at radius 1 is 1.19 bits per heavy atom. The van der Waals surface area contributed by atoms with Gasteiger partial charge in [-0.25, -0.2) is 4.39 Å². The third kappa shape index (κ3) is 2.25. The Bertz CT molecular complexity index is 672. The monoisotopic (exact) mass is 286 g/mol. The van der Waals surface area contributed by atoms with E-state index in [0.29, 0.717) is 5.69 Å². The number of nitrogens with zero attached hydrogens (tertiary/aromatic N) is 1. The third-order valence-corrected chi connectivity index (χ3v) is 3.68. The van der Waals surface area contributed by atoms with Gasteiger partial charge in [-0.15, -0.1) is 0 Å². The molecule has 2 N–H and O–H groups in total. The molecule has 0 aliphatic carbocycles. The molecule has 3 rings (SSSR count). The standard InChI is InChI=1S/C16H15FN2O2/c1-21-13-7-5-10(6-8-13)15-14(18)16(20)19(15)12-4-2-3-11(17)9-12/h2-9,14-15H,18H2,1H3/t14-,15-/m1/s1. The number of β-lactam (4-membered cyclic amide) rings is 1. The minimum absolute atomic E-state index is 0.207. The van der Waals surface area contributed by atoms with E-state index in [0.717, 1.165) is 11.3 Å². The maximum Gasteiger partial charge on any atom is 0.247 e. The van der Waals surface area contributed by atoms with Crippen LogP contribution in [0.5, 0.6) is 5.75 Å². The lowest BCUT2D eigenvalue weighted by Gasteiger charge is -2.45. The van der Waals surface area contributed by atoms with Crippen molar-refractivity contribution in [1.82, 2.24) is 0 Å². The molecule has 1 amide bonds. The lowest BCUT2D eigenvalue weighted by atomic mass is 9.88. The van der Waals surface area contributed by atoms with Gasteiger partial charge in [0.05, 0.1) is 13.2 Å². The first-order valence-electron chi connectivity index (χ1n) is 6.60. The summed E-state index contributed by atoms with van der Waals surface area (Å²) in [5, 5.41) is 0. The molecule has 1 heterocycles. The first-order valence-corrected chi connectivity index (χ1v) is 6.60. The number of ether oxygens (including phenoxy) is 1. The van der Waals surface area contributed by atoms with Gasteiger partial charge in [0.15, 0.2) is 0 Å². The predicted octanol–water partition coefficient (Wildman–Crippen LogP) is 2.25. The van der Waals surface area contributed by atoms with Gasteiger partial charge >= 0.3 is 0 Å². The molecule has 1 aliphatic heterocycles. The molecule has 1 aliphatic rings. The second-order valence-corrected chi connectivity index (χ2v) is 4.93. The van der Waals surface area contributed by atoms with Crippen molar-refractivity contribution in [2.75, 3.05) is 12.0 Å². The highest BCUT2D eigenvalue weighted by Gasteiger charge is 2.46. The Hall–Kier alpha value is -2.40. The van der Waals surface area contributed by atoms with E-state index in [1.54, 1.807) is 19.2 Å². The van der Waals surface area contributed by atoms with Crippen LogP contribution in [0.1, 0.15) is 11.6 Å². The number of anilines is 1. The van der Waals surface area contributed by atoms with Crippen LogP contribution in [0.4, 0.5) is 10.1 Å². The molecule has 0 radical (unpaired) electrons. The molecule has 0 unspecified atom stereocenters. The second-order valence-electron chi connectivity index (χ2n) is 4.93. The average molecular weight is 286 g/mol. The number of hydrogen-bond acceptors (Lipinski definition) is 3. The number of rotatable bonds is 3. The van der Waals surface area contributed by atoms with Gasteiger partial charge < -0.3 is 15.4 Å². The minimum atomic E-state index is -0.610. The zero-order valence-corrected chi connectivity index (χ0v) is 11.5. The number of nitrogens with two attached hydrogens (primary N) is 1. The number of halogens is 1. The lowest BCUT2D eigenvalue weighted by Crippen LogP contribution is -2.63. The molecular formula is C16H15FN2O2. The van der Waals surface area contributed by atoms with E-state index >= 15 is 0 Å². The van der Waals surface area contributed by atoms with Crippen molar-refractivity contribution in [2.24, 2.45) is 5.73 Å². The van der Waals surface area contributed by atoms with Crippen molar-refractivity contribution in [3.8, 4) is 5.75 Å². The molecule has 108 valence electrons. The Balaban J connectivity index is 1.94. The van der Waals surface area contributed by atoms with Crippen molar-refractivity contribution in [1.29, 1.82) is 0 Å². The Morgan fingerprint density at radius 2 is 1.90 bits per heavy atom. The summed E-state index contributed by atoms with van der Waals surface area (Å²) in [6.07, 6.45) is 0. The number of amides is 1. The van der Waals surface area contributed by atoms with E-state index in [2.05, 4.69) is 0 Å². The van der Waals surface area contributed by atoms with Crippen LogP contribution in [0, 0.1) is 5.82 Å². The summed E-state index contributed by atoms with van der Waals surface area (Å²) in [5.74, 6) is 0.144. The fourth-order valence-electron chi connectivity index (χ4n) is 2.58. The molecule has 1 fully saturated rings. The van der Waals surface area contributed by atoms with Crippen molar-refractivity contribution in [3.63, 3.8) is 0 Å². The fourth-order valence-corrected chi connectivity index (χ4v) is 2.58. The first kappa shape index (κ1) is 13.6. The molecule has 0 aromatic heterocycles. The lowest BCUT2D eigenvalue weighted by molar-refractivity contribution is -0.126. The van der Waals surface area contributed by atoms with Crippen LogP contribution in [-0.4, -0.2) is 19.1 Å². The molecule has 5 heteroatoms. The Labute approximate surface area is 121 Å². The molecule has 2 atom stereocenters. The Kier molecular flexibility index (Phi) is 3.35. The highest BCUT2D eigenvalue weighted by molar-refractivity contribution is 6.05. The van der Waals surface area contributed by atoms with Crippen LogP contribution in [0.25, 0.3) is 0 Å². The molecule has 4 nitrogen and oxygen atoms in total. The smallest absolute Gasteiger partial charge is 0.247 e. The van der Waals surface area contributed by atoms with Crippen LogP contribution in [0.3, 0.4) is 0 Å². The van der Waals surface area contributed by atoms with Gasteiger partial charge in [0.25, 0.3) is 0 Å². The zero-order chi connectivity index (χ0) is 15.0. The van der Waals surface area contributed by atoms with Crippen LogP contribution in [-0.2, 0) is 4.79 Å². The summed E-state index contributed by atoms with van der Waals surface area (Å²) < 4.78 is 18.5. The number of carbonyl (C=O) groups excluding carboxylic acids is 1. The van der Waals surface area contributed by atoms with E-state index in [4.69, 9.17) is 10.5 Å². The molecular weight excluding hydrogens is 271 g/mol. The predicted molar refractivity (Wildman–Crippen MR) is 77.6 cm³/mol. The second kappa shape index (κ2) is 5.18. The van der Waals surface area contributed by atoms with Gasteiger partial charge in [-0.1, -0.05) is 18.2 Å². The molecule has 0 bridgehead atoms. The van der Waals surface area contributed by atoms with Crippen LogP contribution in [0.15, 0.2) is 48.5 Å². The summed E-state index contributed by atoms with van der Waals surface area (Å²) in [6.45, 7) is 0. The SMILES string of the molecule is COc1ccc([C@@H]2[C@@H](N)C(=O)N2c2cccc(F)c2)cc1. The largest absolute Gasteiger partial charge is 0.497 e. The van der Waals surface area contributed by atoms with Gasteiger partial charge in [0.1, 0.15) is 17.6 Å². The number of carbonyl (C=O) groups is 1. The maximum atomic E-state index is 13.4. The first-order chi connectivity index (χ1) is 10.1. The number of hydrogen-bond donors (Lipinski definition) is 1. The molecule has 2 aromatic carbocycles. The van der Waals surface area contributed by atoms with E-state index in [1.807, 2.05) is 24.3 Å². The highest BCUT2D eigenvalue weighted by atomic mass is 19.1. The van der Waals surface area contributed by atoms with Gasteiger partial charge in [-0.2, -0.15) is 0 Å². The van der Waals surface area contributed by atoms with Crippen molar-refractivity contribution >= 4 is 11.6 Å². The normalized spacial score (nSPS) is 21.1. The fraction of sp³-hybridized carbons (Fsp3) is 0.188. The molecule has 21 heavy (non-hydrogen) atoms. The van der Waals surface area contributed by atoms with Gasteiger partial charge in [0, 0.05) is 5.69 Å². The van der Waals surface area contributed by atoms with Gasteiger partial charge in [-0.3, -0.25) is 4.79 Å². The van der Waals surface area contributed by atoms with E-state index in [1.165, 1.54) is 17.0 Å². The highest BCUT2D eigenvalue weighted by Crippen LogP contribution is 2.38. The molecule has 0 saturated carbocycles. The summed E-state index contributed by atoms with van der Waals surface area (Å²) in [4.78, 5) is 13.6. The van der Waals surface area contributed by atoms with Crippen molar-refractivity contribution in [2.45, 2.75) is 12.1 Å². The van der Waals surface area contributed by atoms with Crippen molar-refractivity contribution < 1.29 is 13.9 Å². The molecule has 2 aromatic rings. The molecule has 0 spiro atoms. The average Bonchev–Trinajstić information content (AvgIpc) is 2.51. The van der Waals surface area contributed by atoms with E-state index < -0.39 is 6.04 Å². The summed E-state index contributed by atoms with van der Waals surface area (Å²) in [6, 6.07) is 12.4. The van der Waals surface area contributed by atoms with Crippen molar-refractivity contribution in [3.05, 3.63) is 59.9 Å². The van der Waals surface area contributed by atoms with Gasteiger partial charge in [0.2, 0.25) is 5.91 Å². The summed E-state index contributed by atoms with van der Waals surface area (Å²) >= 11 is 0. The number of benzene rings is 2. The van der Waals surface area contributed by atoms with Crippen LogP contribution in [0.2, 0.25) is 0 Å². The maximum absolute atomic E-state index is 13.4. The molecule has 1 saturated heterocycles. The number of methoxy groups -OCH3 is 1. The summed E-state index contributed by atoms with van der Waals surface area (Å²) in [7, 11) is 1.59. The third-order valence-electron chi connectivity index (χ3n) is 3.68. The van der Waals surface area contributed by atoms with Crippen LogP contribution < -0.4 is 15.4 Å². The zero-order valence-electron chi connectivity index (χ0n) is 11.5. The van der Waals surface area contributed by atoms with E-state index in [9.17, 15) is 9.18 Å². The Morgan fingerprint density at radius 3 is 2.52 bits per heavy atom. The van der Waals surface area contributed by atoms with Gasteiger partial charge in [-0.05, 0) is 35.9 Å². The van der Waals surface area contributed by atoms with E-state index in [-0.39, 0.29) is 17.8 Å².